The van der Waals surface area contributed by atoms with E-state index in [2.05, 4.69) is 31.5 Å². The highest BCUT2D eigenvalue weighted by Crippen LogP contribution is 2.33. The van der Waals surface area contributed by atoms with Crippen LogP contribution in [0.4, 0.5) is 10.6 Å². The first-order valence-corrected chi connectivity index (χ1v) is 11.6. The molecule has 0 radical (unpaired) electrons. The molecule has 1 unspecified atom stereocenters. The fourth-order valence-electron chi connectivity index (χ4n) is 3.90. The largest absolute Gasteiger partial charge is 0.490 e. The van der Waals surface area contributed by atoms with Gasteiger partial charge in [0.2, 0.25) is 5.91 Å². The summed E-state index contributed by atoms with van der Waals surface area (Å²) in [6.45, 7) is 6.70. The minimum absolute atomic E-state index is 0.0457. The second-order valence-corrected chi connectivity index (χ2v) is 9.90. The number of aromatic nitrogens is 2. The van der Waals surface area contributed by atoms with Crippen molar-refractivity contribution in [3.63, 3.8) is 0 Å². The van der Waals surface area contributed by atoms with E-state index in [0.29, 0.717) is 56.0 Å². The zero-order chi connectivity index (χ0) is 22.9. The van der Waals surface area contributed by atoms with Crippen LogP contribution in [0.25, 0.3) is 11.0 Å². The number of nitrogens with zero attached hydrogens (tertiary/aromatic N) is 3. The van der Waals surface area contributed by atoms with Crippen molar-refractivity contribution in [2.75, 3.05) is 25.0 Å². The first-order valence-electron chi connectivity index (χ1n) is 10.8. The molecule has 0 aliphatic carbocycles. The minimum atomic E-state index is -0.631. The second kappa shape index (κ2) is 9.09. The maximum absolute atomic E-state index is 13.0. The van der Waals surface area contributed by atoms with Crippen molar-refractivity contribution in [2.45, 2.75) is 57.7 Å². The highest BCUT2D eigenvalue weighted by atomic mass is 79.9. The normalized spacial score (nSPS) is 21.9. The Morgan fingerprint density at radius 2 is 2.16 bits per heavy atom. The van der Waals surface area contributed by atoms with Crippen molar-refractivity contribution in [2.24, 2.45) is 0 Å². The van der Waals surface area contributed by atoms with Gasteiger partial charge in [-0.2, -0.15) is 0 Å². The number of carbonyl (C=O) groups is 2. The van der Waals surface area contributed by atoms with E-state index in [1.807, 2.05) is 32.9 Å². The Morgan fingerprint density at radius 1 is 1.34 bits per heavy atom. The third kappa shape index (κ3) is 5.06. The highest BCUT2D eigenvalue weighted by Gasteiger charge is 2.38. The molecule has 2 atom stereocenters. The van der Waals surface area contributed by atoms with Crippen LogP contribution in [0.15, 0.2) is 22.8 Å². The van der Waals surface area contributed by atoms with Gasteiger partial charge in [0.1, 0.15) is 23.0 Å². The molecule has 2 amide bonds. The summed E-state index contributed by atoms with van der Waals surface area (Å²) in [5.41, 5.74) is 0.786. The first kappa shape index (κ1) is 22.6. The van der Waals surface area contributed by atoms with Crippen LogP contribution in [0.1, 0.15) is 40.0 Å². The van der Waals surface area contributed by atoms with Crippen LogP contribution in [0.5, 0.6) is 5.75 Å². The number of amides is 2. The number of anilines is 1. The molecule has 3 heterocycles. The van der Waals surface area contributed by atoms with Crippen molar-refractivity contribution in [1.29, 1.82) is 0 Å². The van der Waals surface area contributed by atoms with Crippen molar-refractivity contribution in [1.82, 2.24) is 20.2 Å². The van der Waals surface area contributed by atoms with Gasteiger partial charge < -0.3 is 20.1 Å². The molecule has 10 heteroatoms. The van der Waals surface area contributed by atoms with Gasteiger partial charge in [0, 0.05) is 19.1 Å². The topological polar surface area (TPSA) is 106 Å². The molecule has 2 aliphatic heterocycles. The summed E-state index contributed by atoms with van der Waals surface area (Å²) < 4.78 is 12.3. The fraction of sp³-hybridized carbons (Fsp3) is 0.545. The standard InChI is InChI=1S/C22H28BrN5O4/c1-22(2,3)32-21(30)28-9-7-13-11-16(28)20(29)24-8-4-10-31-19-14(23)5-6-15-18(19)27-17(26-13)12-25-15/h5-6,12-13,16H,4,7-11H2,1-3H3,(H,24,29)(H,26,27)/t13?,16-/m0/s1. The van der Waals surface area contributed by atoms with Gasteiger partial charge in [-0.25, -0.2) is 9.78 Å². The van der Waals surface area contributed by atoms with Crippen LogP contribution in [0.3, 0.4) is 0 Å². The molecule has 0 saturated carbocycles. The van der Waals surface area contributed by atoms with Crippen LogP contribution in [-0.2, 0) is 9.53 Å². The summed E-state index contributed by atoms with van der Waals surface area (Å²) in [7, 11) is 0. The molecule has 9 nitrogen and oxygen atoms in total. The van der Waals surface area contributed by atoms with Crippen LogP contribution in [0.2, 0.25) is 0 Å². The number of carbonyl (C=O) groups excluding carboxylic acids is 2. The van der Waals surface area contributed by atoms with Gasteiger partial charge in [0.05, 0.1) is 22.8 Å². The molecule has 4 bridgehead atoms. The lowest BCUT2D eigenvalue weighted by atomic mass is 9.96. The molecule has 2 aliphatic rings. The summed E-state index contributed by atoms with van der Waals surface area (Å²) in [5.74, 6) is 1.05. The number of rotatable bonds is 0. The summed E-state index contributed by atoms with van der Waals surface area (Å²) in [6, 6.07) is 3.11. The maximum Gasteiger partial charge on any atom is 0.410 e. The molecule has 1 fully saturated rings. The number of fused-ring (bicyclic) bond motifs is 3. The van der Waals surface area contributed by atoms with Crippen molar-refractivity contribution >= 4 is 44.8 Å². The van der Waals surface area contributed by atoms with Crippen molar-refractivity contribution in [3.05, 3.63) is 22.8 Å². The third-order valence-electron chi connectivity index (χ3n) is 5.37. The molecule has 4 rings (SSSR count). The van der Waals surface area contributed by atoms with E-state index in [0.717, 1.165) is 9.99 Å². The average molecular weight is 506 g/mol. The Morgan fingerprint density at radius 3 is 2.94 bits per heavy atom. The number of benzene rings is 1. The Labute approximate surface area is 195 Å². The van der Waals surface area contributed by atoms with Crippen molar-refractivity contribution < 1.29 is 19.1 Å². The number of hydrogen-bond donors (Lipinski definition) is 2. The maximum atomic E-state index is 13.0. The van der Waals surface area contributed by atoms with Gasteiger partial charge in [-0.1, -0.05) is 0 Å². The quantitative estimate of drug-likeness (QED) is 0.564. The molecular weight excluding hydrogens is 478 g/mol. The van der Waals surface area contributed by atoms with E-state index in [4.69, 9.17) is 14.5 Å². The SMILES string of the molecule is CC(C)(C)OC(=O)N1CCC2C[C@H]1C(=O)NCCCOc1c(Br)ccc3ncc(nc13)N2. The van der Waals surface area contributed by atoms with Gasteiger partial charge in [-0.05, 0) is 68.1 Å². The lowest BCUT2D eigenvalue weighted by Gasteiger charge is -2.39. The summed E-state index contributed by atoms with van der Waals surface area (Å²) in [4.78, 5) is 36.5. The lowest BCUT2D eigenvalue weighted by Crippen LogP contribution is -2.56. The molecule has 1 aromatic heterocycles. The van der Waals surface area contributed by atoms with E-state index in [1.165, 1.54) is 4.90 Å². The Balaban J connectivity index is 1.62. The Hall–Kier alpha value is -2.62. The Bertz CT molecular complexity index is 1030. The summed E-state index contributed by atoms with van der Waals surface area (Å²) in [5, 5.41) is 6.34. The lowest BCUT2D eigenvalue weighted by molar-refractivity contribution is -0.127. The molecule has 172 valence electrons. The molecule has 2 N–H and O–H groups in total. The van der Waals surface area contributed by atoms with E-state index < -0.39 is 17.7 Å². The monoisotopic (exact) mass is 505 g/mol. The average Bonchev–Trinajstić information content (AvgIpc) is 2.73. The van der Waals surface area contributed by atoms with Crippen LogP contribution in [0, 0.1) is 0 Å². The van der Waals surface area contributed by atoms with E-state index >= 15 is 0 Å². The predicted molar refractivity (Wildman–Crippen MR) is 124 cm³/mol. The van der Waals surface area contributed by atoms with Crippen LogP contribution >= 0.6 is 15.9 Å². The predicted octanol–water partition coefficient (Wildman–Crippen LogP) is 3.47. The van der Waals surface area contributed by atoms with Gasteiger partial charge in [0.15, 0.2) is 5.75 Å². The summed E-state index contributed by atoms with van der Waals surface area (Å²) >= 11 is 3.54. The smallest absolute Gasteiger partial charge is 0.410 e. The van der Waals surface area contributed by atoms with E-state index in [1.54, 1.807) is 6.20 Å². The highest BCUT2D eigenvalue weighted by molar-refractivity contribution is 9.10. The molecule has 2 aromatic rings. The van der Waals surface area contributed by atoms with Crippen LogP contribution < -0.4 is 15.4 Å². The van der Waals surface area contributed by atoms with E-state index in [-0.39, 0.29) is 11.9 Å². The minimum Gasteiger partial charge on any atom is -0.490 e. The zero-order valence-corrected chi connectivity index (χ0v) is 20.1. The van der Waals surface area contributed by atoms with Crippen molar-refractivity contribution in [3.8, 4) is 5.75 Å². The second-order valence-electron chi connectivity index (χ2n) is 9.05. The van der Waals surface area contributed by atoms with Crippen LogP contribution in [-0.4, -0.2) is 64.2 Å². The Kier molecular flexibility index (Phi) is 6.41. The van der Waals surface area contributed by atoms with Gasteiger partial charge in [0.25, 0.3) is 0 Å². The molecule has 1 saturated heterocycles. The number of hydrogen-bond acceptors (Lipinski definition) is 7. The number of halogens is 1. The van der Waals surface area contributed by atoms with E-state index in [9.17, 15) is 9.59 Å². The van der Waals surface area contributed by atoms with Gasteiger partial charge >= 0.3 is 6.09 Å². The van der Waals surface area contributed by atoms with Gasteiger partial charge in [-0.3, -0.25) is 14.7 Å². The fourth-order valence-corrected chi connectivity index (χ4v) is 4.34. The number of ether oxygens (including phenoxy) is 2. The number of piperidine rings is 1. The summed E-state index contributed by atoms with van der Waals surface area (Å²) in [6.07, 6.45) is 2.93. The third-order valence-corrected chi connectivity index (χ3v) is 6.00. The zero-order valence-electron chi connectivity index (χ0n) is 18.5. The molecular formula is C22H28BrN5O4. The molecule has 1 aromatic carbocycles. The molecule has 0 spiro atoms. The van der Waals surface area contributed by atoms with Gasteiger partial charge in [-0.15, -0.1) is 0 Å². The number of nitrogens with one attached hydrogen (secondary N) is 2. The molecule has 32 heavy (non-hydrogen) atoms. The first-order chi connectivity index (χ1) is 15.2. The number of likely N-dealkylation sites (tertiary alicyclic amines) is 1.